The van der Waals surface area contributed by atoms with Gasteiger partial charge in [-0.2, -0.15) is 0 Å². The summed E-state index contributed by atoms with van der Waals surface area (Å²) in [7, 11) is 0. The van der Waals surface area contributed by atoms with Crippen LogP contribution in [0.3, 0.4) is 0 Å². The lowest BCUT2D eigenvalue weighted by molar-refractivity contribution is -0.162. The Morgan fingerprint density at radius 1 is 0.875 bits per heavy atom. The Morgan fingerprint density at radius 2 is 1.42 bits per heavy atom. The molecule has 2 aromatic carbocycles. The first kappa shape index (κ1) is 16.7. The topological polar surface area (TPSA) is 46.5 Å². The van der Waals surface area contributed by atoms with Gasteiger partial charge in [-0.1, -0.05) is 79.9 Å². The minimum atomic E-state index is -0.874. The minimum absolute atomic E-state index is 0.0343. The van der Waals surface area contributed by atoms with Crippen molar-refractivity contribution in [3.63, 3.8) is 0 Å². The minimum Gasteiger partial charge on any atom is -0.454 e. The van der Waals surface area contributed by atoms with Crippen LogP contribution in [-0.4, -0.2) is 11.1 Å². The van der Waals surface area contributed by atoms with Crippen molar-refractivity contribution in [1.82, 2.24) is 0 Å². The van der Waals surface area contributed by atoms with Crippen LogP contribution in [0.5, 0.6) is 0 Å². The van der Waals surface area contributed by atoms with Crippen molar-refractivity contribution in [2.24, 2.45) is 5.92 Å². The van der Waals surface area contributed by atoms with E-state index in [1.54, 1.807) is 0 Å². The van der Waals surface area contributed by atoms with Crippen LogP contribution in [0.2, 0.25) is 0 Å². The molecule has 3 nitrogen and oxygen atoms in total. The van der Waals surface area contributed by atoms with Crippen LogP contribution < -0.4 is 0 Å². The third kappa shape index (κ3) is 4.04. The number of aliphatic hydroxyl groups excluding tert-OH is 1. The third-order valence-electron chi connectivity index (χ3n) is 4.74. The SMILES string of the molecule is O=C(O[C@H](c1ccccc1)[C@@H](O)c1ccccc1)C1CCCCC1. The van der Waals surface area contributed by atoms with Crippen molar-refractivity contribution in [3.05, 3.63) is 71.8 Å². The Morgan fingerprint density at radius 3 is 2.00 bits per heavy atom. The Kier molecular flexibility index (Phi) is 5.65. The molecule has 0 saturated heterocycles. The van der Waals surface area contributed by atoms with Crippen LogP contribution in [0, 0.1) is 5.92 Å². The van der Waals surface area contributed by atoms with Gasteiger partial charge in [0.15, 0.2) is 6.10 Å². The molecule has 0 aliphatic heterocycles. The quantitative estimate of drug-likeness (QED) is 0.819. The highest BCUT2D eigenvalue weighted by Gasteiger charge is 2.30. The number of carbonyl (C=O) groups excluding carboxylic acids is 1. The highest BCUT2D eigenvalue weighted by atomic mass is 16.6. The first-order valence-electron chi connectivity index (χ1n) is 8.74. The molecule has 1 aliphatic carbocycles. The van der Waals surface area contributed by atoms with E-state index in [-0.39, 0.29) is 11.9 Å². The van der Waals surface area contributed by atoms with Crippen molar-refractivity contribution < 1.29 is 14.6 Å². The fourth-order valence-corrected chi connectivity index (χ4v) is 3.34. The number of aliphatic hydroxyl groups is 1. The van der Waals surface area contributed by atoms with Crippen molar-refractivity contribution in [3.8, 4) is 0 Å². The number of ether oxygens (including phenoxy) is 1. The van der Waals surface area contributed by atoms with E-state index in [4.69, 9.17) is 4.74 Å². The van der Waals surface area contributed by atoms with Crippen molar-refractivity contribution >= 4 is 5.97 Å². The summed E-state index contributed by atoms with van der Waals surface area (Å²) >= 11 is 0. The van der Waals surface area contributed by atoms with Crippen LogP contribution in [-0.2, 0) is 9.53 Å². The Balaban J connectivity index is 1.81. The molecule has 0 bridgehead atoms. The number of benzene rings is 2. The first-order valence-corrected chi connectivity index (χ1v) is 8.74. The van der Waals surface area contributed by atoms with Gasteiger partial charge in [-0.05, 0) is 24.0 Å². The predicted molar refractivity (Wildman–Crippen MR) is 93.3 cm³/mol. The van der Waals surface area contributed by atoms with Gasteiger partial charge in [0.05, 0.1) is 5.92 Å². The summed E-state index contributed by atoms with van der Waals surface area (Å²) in [5, 5.41) is 10.8. The molecule has 24 heavy (non-hydrogen) atoms. The molecule has 3 rings (SSSR count). The molecule has 3 heteroatoms. The lowest BCUT2D eigenvalue weighted by Gasteiger charge is -2.27. The van der Waals surface area contributed by atoms with E-state index >= 15 is 0 Å². The van der Waals surface area contributed by atoms with E-state index in [0.717, 1.165) is 36.8 Å². The Hall–Kier alpha value is -2.13. The molecular weight excluding hydrogens is 300 g/mol. The lowest BCUT2D eigenvalue weighted by atomic mass is 9.89. The number of hydrogen-bond acceptors (Lipinski definition) is 3. The maximum atomic E-state index is 12.6. The normalized spacial score (nSPS) is 17.9. The number of rotatable bonds is 5. The fourth-order valence-electron chi connectivity index (χ4n) is 3.34. The van der Waals surface area contributed by atoms with E-state index < -0.39 is 12.2 Å². The summed E-state index contributed by atoms with van der Waals surface area (Å²) in [5.74, 6) is -0.216. The molecule has 0 aromatic heterocycles. The zero-order valence-corrected chi connectivity index (χ0v) is 13.8. The van der Waals surface area contributed by atoms with Gasteiger partial charge in [0, 0.05) is 0 Å². The zero-order valence-electron chi connectivity index (χ0n) is 13.8. The van der Waals surface area contributed by atoms with Crippen LogP contribution >= 0.6 is 0 Å². The summed E-state index contributed by atoms with van der Waals surface area (Å²) in [6.45, 7) is 0. The molecule has 0 radical (unpaired) electrons. The average molecular weight is 324 g/mol. The summed E-state index contributed by atoms with van der Waals surface area (Å²) in [4.78, 5) is 12.6. The van der Waals surface area contributed by atoms with E-state index in [1.807, 2.05) is 60.7 Å². The van der Waals surface area contributed by atoms with Crippen molar-refractivity contribution in [2.45, 2.75) is 44.3 Å². The molecule has 1 N–H and O–H groups in total. The smallest absolute Gasteiger partial charge is 0.309 e. The summed E-state index contributed by atoms with van der Waals surface area (Å²) in [5.41, 5.74) is 1.57. The van der Waals surface area contributed by atoms with Gasteiger partial charge in [-0.3, -0.25) is 4.79 Å². The molecule has 0 heterocycles. The van der Waals surface area contributed by atoms with Crippen LogP contribution in [0.1, 0.15) is 55.4 Å². The highest BCUT2D eigenvalue weighted by Crippen LogP contribution is 2.34. The molecule has 2 aromatic rings. The van der Waals surface area contributed by atoms with E-state index in [9.17, 15) is 9.90 Å². The second-order valence-electron chi connectivity index (χ2n) is 6.46. The van der Waals surface area contributed by atoms with Crippen LogP contribution in [0.4, 0.5) is 0 Å². The summed E-state index contributed by atoms with van der Waals surface area (Å²) in [6.07, 6.45) is 3.58. The molecule has 0 amide bonds. The van der Waals surface area contributed by atoms with Gasteiger partial charge in [-0.25, -0.2) is 0 Å². The van der Waals surface area contributed by atoms with E-state index in [2.05, 4.69) is 0 Å². The predicted octanol–water partition coefficient (Wildman–Crippen LogP) is 4.58. The van der Waals surface area contributed by atoms with Gasteiger partial charge in [0.25, 0.3) is 0 Å². The average Bonchev–Trinajstić information content (AvgIpc) is 2.67. The molecule has 1 aliphatic rings. The summed E-state index contributed by atoms with van der Waals surface area (Å²) < 4.78 is 5.80. The Labute approximate surface area is 143 Å². The molecule has 1 fully saturated rings. The van der Waals surface area contributed by atoms with Crippen LogP contribution in [0.25, 0.3) is 0 Å². The maximum absolute atomic E-state index is 12.6. The second kappa shape index (κ2) is 8.11. The van der Waals surface area contributed by atoms with Gasteiger partial charge >= 0.3 is 5.97 Å². The molecular formula is C21H24O3. The highest BCUT2D eigenvalue weighted by molar-refractivity contribution is 5.73. The fraction of sp³-hybridized carbons (Fsp3) is 0.381. The molecule has 126 valence electrons. The van der Waals surface area contributed by atoms with Gasteiger partial charge < -0.3 is 9.84 Å². The monoisotopic (exact) mass is 324 g/mol. The largest absolute Gasteiger partial charge is 0.454 e. The molecule has 0 unspecified atom stereocenters. The van der Waals surface area contributed by atoms with E-state index in [0.29, 0.717) is 0 Å². The van der Waals surface area contributed by atoms with Crippen LogP contribution in [0.15, 0.2) is 60.7 Å². The third-order valence-corrected chi connectivity index (χ3v) is 4.74. The number of esters is 1. The summed E-state index contributed by atoms with van der Waals surface area (Å²) in [6, 6.07) is 18.9. The van der Waals surface area contributed by atoms with E-state index in [1.165, 1.54) is 6.42 Å². The second-order valence-corrected chi connectivity index (χ2v) is 6.46. The molecule has 0 spiro atoms. The zero-order chi connectivity index (χ0) is 16.8. The molecule has 2 atom stereocenters. The molecule has 1 saturated carbocycles. The number of hydrogen-bond donors (Lipinski definition) is 1. The Bertz CT molecular complexity index is 633. The number of carbonyl (C=O) groups is 1. The van der Waals surface area contributed by atoms with Crippen molar-refractivity contribution in [1.29, 1.82) is 0 Å². The van der Waals surface area contributed by atoms with Crippen molar-refractivity contribution in [2.75, 3.05) is 0 Å². The maximum Gasteiger partial charge on any atom is 0.309 e. The standard InChI is InChI=1S/C21H24O3/c22-19(16-10-4-1-5-11-16)20(17-12-6-2-7-13-17)24-21(23)18-14-8-3-9-15-18/h1-2,4-7,10-13,18-20,22H,3,8-9,14-15H2/t19-,20+/m0/s1. The van der Waals surface area contributed by atoms with Gasteiger partial charge in [0.2, 0.25) is 0 Å². The first-order chi connectivity index (χ1) is 11.8. The lowest BCUT2D eigenvalue weighted by Crippen LogP contribution is -2.25. The van der Waals surface area contributed by atoms with Gasteiger partial charge in [-0.15, -0.1) is 0 Å². The van der Waals surface area contributed by atoms with Gasteiger partial charge in [0.1, 0.15) is 6.10 Å².